The molecular weight excluding hydrogens is 192 g/mol. The molecule has 3 heteroatoms. The standard InChI is InChI=1S/C12H20O3/c1-2-3-6-11-12(13)15-10-8-5-4-7-9(10)14-11/h11-13H,2-8H2,1H3/t11-,12?/m0/s1. The smallest absolute Gasteiger partial charge is 0.234 e. The first-order valence-corrected chi connectivity index (χ1v) is 6.04. The van der Waals surface area contributed by atoms with Crippen molar-refractivity contribution in [3.63, 3.8) is 0 Å². The molecule has 2 rings (SSSR count). The number of rotatable bonds is 3. The summed E-state index contributed by atoms with van der Waals surface area (Å²) in [5.74, 6) is 1.88. The van der Waals surface area contributed by atoms with Crippen LogP contribution in [0, 0.1) is 0 Å². The maximum atomic E-state index is 9.75. The molecule has 0 saturated heterocycles. The Balaban J connectivity index is 1.97. The van der Waals surface area contributed by atoms with E-state index in [1.807, 2.05) is 0 Å². The van der Waals surface area contributed by atoms with E-state index in [0.29, 0.717) is 0 Å². The second kappa shape index (κ2) is 4.88. The highest BCUT2D eigenvalue weighted by molar-refractivity contribution is 5.08. The molecule has 1 unspecified atom stereocenters. The molecule has 86 valence electrons. The zero-order chi connectivity index (χ0) is 10.7. The van der Waals surface area contributed by atoms with E-state index in [9.17, 15) is 5.11 Å². The second-order valence-corrected chi connectivity index (χ2v) is 4.36. The van der Waals surface area contributed by atoms with E-state index in [1.54, 1.807) is 0 Å². The summed E-state index contributed by atoms with van der Waals surface area (Å²) < 4.78 is 11.3. The van der Waals surface area contributed by atoms with Crippen LogP contribution >= 0.6 is 0 Å². The maximum absolute atomic E-state index is 9.75. The third-order valence-corrected chi connectivity index (χ3v) is 3.09. The number of aliphatic hydroxyl groups excluding tert-OH is 1. The van der Waals surface area contributed by atoms with E-state index in [-0.39, 0.29) is 6.10 Å². The van der Waals surface area contributed by atoms with Gasteiger partial charge in [0.05, 0.1) is 0 Å². The summed E-state index contributed by atoms with van der Waals surface area (Å²) in [6, 6.07) is 0. The van der Waals surface area contributed by atoms with Gasteiger partial charge in [-0.3, -0.25) is 0 Å². The predicted molar refractivity (Wildman–Crippen MR) is 57.0 cm³/mol. The van der Waals surface area contributed by atoms with E-state index >= 15 is 0 Å². The predicted octanol–water partition coefficient (Wildman–Crippen LogP) is 2.70. The maximum Gasteiger partial charge on any atom is 0.234 e. The van der Waals surface area contributed by atoms with Crippen LogP contribution in [-0.4, -0.2) is 17.5 Å². The van der Waals surface area contributed by atoms with Crippen molar-refractivity contribution in [3.05, 3.63) is 11.5 Å². The number of unbranched alkanes of at least 4 members (excludes halogenated alkanes) is 1. The normalized spacial score (nSPS) is 30.5. The van der Waals surface area contributed by atoms with Crippen LogP contribution in [0.15, 0.2) is 11.5 Å². The van der Waals surface area contributed by atoms with Crippen molar-refractivity contribution >= 4 is 0 Å². The van der Waals surface area contributed by atoms with Crippen molar-refractivity contribution in [2.75, 3.05) is 0 Å². The summed E-state index contributed by atoms with van der Waals surface area (Å²) in [6.45, 7) is 2.14. The molecule has 1 N–H and O–H groups in total. The molecular formula is C12H20O3. The average molecular weight is 212 g/mol. The van der Waals surface area contributed by atoms with E-state index in [0.717, 1.165) is 50.0 Å². The van der Waals surface area contributed by atoms with Crippen LogP contribution in [-0.2, 0) is 9.47 Å². The molecule has 1 aliphatic heterocycles. The minimum absolute atomic E-state index is 0.151. The quantitative estimate of drug-likeness (QED) is 0.781. The van der Waals surface area contributed by atoms with Crippen LogP contribution in [0.25, 0.3) is 0 Å². The molecule has 1 aliphatic carbocycles. The van der Waals surface area contributed by atoms with Gasteiger partial charge in [0.15, 0.2) is 6.10 Å². The Labute approximate surface area is 91.1 Å². The number of hydrogen-bond donors (Lipinski definition) is 1. The Bertz CT molecular complexity index is 247. The van der Waals surface area contributed by atoms with Crippen molar-refractivity contribution in [1.29, 1.82) is 0 Å². The number of hydrogen-bond acceptors (Lipinski definition) is 3. The molecule has 0 aromatic rings. The van der Waals surface area contributed by atoms with Gasteiger partial charge in [-0.25, -0.2) is 0 Å². The first-order valence-electron chi connectivity index (χ1n) is 6.04. The average Bonchev–Trinajstić information content (AvgIpc) is 2.26. The largest absolute Gasteiger partial charge is 0.485 e. The molecule has 1 heterocycles. The zero-order valence-corrected chi connectivity index (χ0v) is 9.37. The first-order chi connectivity index (χ1) is 7.31. The Morgan fingerprint density at radius 1 is 1.20 bits per heavy atom. The van der Waals surface area contributed by atoms with Crippen molar-refractivity contribution in [2.24, 2.45) is 0 Å². The van der Waals surface area contributed by atoms with Gasteiger partial charge in [0, 0.05) is 12.8 Å². The van der Waals surface area contributed by atoms with Crippen molar-refractivity contribution in [2.45, 2.75) is 64.3 Å². The SMILES string of the molecule is CCCC[C@@H]1OC2=C(CCCC2)OC1O. The minimum atomic E-state index is -0.756. The summed E-state index contributed by atoms with van der Waals surface area (Å²) in [5, 5.41) is 9.75. The monoisotopic (exact) mass is 212 g/mol. The summed E-state index contributed by atoms with van der Waals surface area (Å²) in [6.07, 6.45) is 6.40. The van der Waals surface area contributed by atoms with Gasteiger partial charge in [0.1, 0.15) is 11.5 Å². The van der Waals surface area contributed by atoms with Crippen LogP contribution in [0.4, 0.5) is 0 Å². The Morgan fingerprint density at radius 3 is 2.53 bits per heavy atom. The second-order valence-electron chi connectivity index (χ2n) is 4.36. The van der Waals surface area contributed by atoms with E-state index in [2.05, 4.69) is 6.92 Å². The topological polar surface area (TPSA) is 38.7 Å². The van der Waals surface area contributed by atoms with Gasteiger partial charge in [-0.1, -0.05) is 13.3 Å². The Morgan fingerprint density at radius 2 is 1.87 bits per heavy atom. The fourth-order valence-electron chi connectivity index (χ4n) is 2.17. The van der Waals surface area contributed by atoms with E-state index < -0.39 is 6.29 Å². The zero-order valence-electron chi connectivity index (χ0n) is 9.37. The lowest BCUT2D eigenvalue weighted by molar-refractivity contribution is -0.179. The molecule has 0 bridgehead atoms. The van der Waals surface area contributed by atoms with E-state index in [4.69, 9.17) is 9.47 Å². The molecule has 0 fully saturated rings. The van der Waals surface area contributed by atoms with Crippen LogP contribution in [0.5, 0.6) is 0 Å². The fraction of sp³-hybridized carbons (Fsp3) is 0.833. The number of allylic oxidation sites excluding steroid dienone is 2. The summed E-state index contributed by atoms with van der Waals surface area (Å²) in [4.78, 5) is 0. The lowest BCUT2D eigenvalue weighted by Gasteiger charge is -2.34. The third kappa shape index (κ3) is 2.46. The van der Waals surface area contributed by atoms with Crippen LogP contribution in [0.1, 0.15) is 51.9 Å². The molecule has 0 radical (unpaired) electrons. The highest BCUT2D eigenvalue weighted by Gasteiger charge is 2.32. The Hall–Kier alpha value is -0.700. The lowest BCUT2D eigenvalue weighted by Crippen LogP contribution is -2.36. The fourth-order valence-corrected chi connectivity index (χ4v) is 2.17. The molecule has 0 aromatic carbocycles. The van der Waals surface area contributed by atoms with Gasteiger partial charge in [-0.2, -0.15) is 0 Å². The molecule has 0 aromatic heterocycles. The first kappa shape index (κ1) is 10.8. The van der Waals surface area contributed by atoms with Crippen molar-refractivity contribution in [1.82, 2.24) is 0 Å². The highest BCUT2D eigenvalue weighted by atomic mass is 16.7. The van der Waals surface area contributed by atoms with Crippen LogP contribution < -0.4 is 0 Å². The summed E-state index contributed by atoms with van der Waals surface area (Å²) in [5.41, 5.74) is 0. The molecule has 0 amide bonds. The molecule has 0 saturated carbocycles. The highest BCUT2D eigenvalue weighted by Crippen LogP contribution is 2.33. The summed E-state index contributed by atoms with van der Waals surface area (Å²) in [7, 11) is 0. The van der Waals surface area contributed by atoms with Gasteiger partial charge < -0.3 is 14.6 Å². The van der Waals surface area contributed by atoms with Gasteiger partial charge in [-0.15, -0.1) is 0 Å². The molecule has 3 nitrogen and oxygen atoms in total. The van der Waals surface area contributed by atoms with Gasteiger partial charge in [0.2, 0.25) is 6.29 Å². The number of ether oxygens (including phenoxy) is 2. The molecule has 2 aliphatic rings. The van der Waals surface area contributed by atoms with Gasteiger partial charge in [-0.05, 0) is 25.7 Å². The summed E-state index contributed by atoms with van der Waals surface area (Å²) >= 11 is 0. The Kier molecular flexibility index (Phi) is 3.52. The van der Waals surface area contributed by atoms with Crippen molar-refractivity contribution in [3.8, 4) is 0 Å². The van der Waals surface area contributed by atoms with Crippen LogP contribution in [0.2, 0.25) is 0 Å². The van der Waals surface area contributed by atoms with Gasteiger partial charge >= 0.3 is 0 Å². The molecule has 15 heavy (non-hydrogen) atoms. The molecule has 0 spiro atoms. The van der Waals surface area contributed by atoms with E-state index in [1.165, 1.54) is 6.42 Å². The molecule has 2 atom stereocenters. The van der Waals surface area contributed by atoms with Crippen molar-refractivity contribution < 1.29 is 14.6 Å². The number of aliphatic hydroxyl groups is 1. The minimum Gasteiger partial charge on any atom is -0.485 e. The third-order valence-electron chi connectivity index (χ3n) is 3.09. The lowest BCUT2D eigenvalue weighted by atomic mass is 10.0. The van der Waals surface area contributed by atoms with Gasteiger partial charge in [0.25, 0.3) is 0 Å². The van der Waals surface area contributed by atoms with Crippen LogP contribution in [0.3, 0.4) is 0 Å².